The van der Waals surface area contributed by atoms with E-state index < -0.39 is 0 Å². The molecule has 174 valence electrons. The van der Waals surface area contributed by atoms with Gasteiger partial charge in [-0.1, -0.05) is 53.9 Å². The van der Waals surface area contributed by atoms with Crippen LogP contribution >= 0.6 is 12.4 Å². The summed E-state index contributed by atoms with van der Waals surface area (Å²) >= 11 is 0. The van der Waals surface area contributed by atoms with Crippen LogP contribution in [0.15, 0.2) is 0 Å². The lowest BCUT2D eigenvalue weighted by Crippen LogP contribution is -2.57. The van der Waals surface area contributed by atoms with Crippen LogP contribution in [0.25, 0.3) is 0 Å². The summed E-state index contributed by atoms with van der Waals surface area (Å²) in [6.45, 7) is 12.3. The van der Waals surface area contributed by atoms with Gasteiger partial charge in [-0.3, -0.25) is 4.79 Å². The van der Waals surface area contributed by atoms with Crippen LogP contribution in [-0.2, 0) is 4.79 Å². The zero-order valence-electron chi connectivity index (χ0n) is 20.3. The highest BCUT2D eigenvalue weighted by Gasteiger charge is 2.62. The maximum Gasteiger partial charge on any atom is 0.136 e. The van der Waals surface area contributed by atoms with Gasteiger partial charge in [-0.2, -0.15) is 0 Å². The molecule has 4 fully saturated rings. The second kappa shape index (κ2) is 9.05. The molecule has 0 bridgehead atoms. The van der Waals surface area contributed by atoms with Crippen molar-refractivity contribution in [1.29, 1.82) is 0 Å². The predicted octanol–water partition coefficient (Wildman–Crippen LogP) is 7.04. The number of hydrogen-bond acceptors (Lipinski definition) is 2. The van der Waals surface area contributed by atoms with Gasteiger partial charge >= 0.3 is 0 Å². The van der Waals surface area contributed by atoms with Gasteiger partial charge in [-0.15, -0.1) is 12.4 Å². The van der Waals surface area contributed by atoms with Gasteiger partial charge in [0.2, 0.25) is 0 Å². The number of fused-ring (bicyclic) bond motifs is 5. The third kappa shape index (κ3) is 4.02. The fraction of sp³-hybridized carbons (Fsp3) is 0.963. The van der Waals surface area contributed by atoms with Gasteiger partial charge in [-0.05, 0) is 91.3 Å². The zero-order valence-corrected chi connectivity index (χ0v) is 21.1. The lowest BCUT2D eigenvalue weighted by Gasteiger charge is -2.60. The Balaban J connectivity index is 0.00000256. The van der Waals surface area contributed by atoms with Crippen LogP contribution in [0.3, 0.4) is 0 Å². The van der Waals surface area contributed by atoms with E-state index in [4.69, 9.17) is 5.73 Å². The number of carbonyl (C=O) groups is 1. The van der Waals surface area contributed by atoms with Crippen molar-refractivity contribution in [3.63, 3.8) is 0 Å². The normalized spacial score (nSPS) is 46.6. The van der Waals surface area contributed by atoms with Crippen molar-refractivity contribution in [2.24, 2.45) is 58.0 Å². The first-order valence-corrected chi connectivity index (χ1v) is 12.9. The van der Waals surface area contributed by atoms with Crippen LogP contribution in [0.4, 0.5) is 0 Å². The van der Waals surface area contributed by atoms with Gasteiger partial charge < -0.3 is 5.73 Å². The first-order valence-electron chi connectivity index (χ1n) is 12.9. The summed E-state index contributed by atoms with van der Waals surface area (Å²) in [6, 6.07) is 0.255. The Labute approximate surface area is 192 Å². The van der Waals surface area contributed by atoms with E-state index in [0.29, 0.717) is 17.1 Å². The topological polar surface area (TPSA) is 43.1 Å². The minimum Gasteiger partial charge on any atom is -0.328 e. The predicted molar refractivity (Wildman–Crippen MR) is 129 cm³/mol. The van der Waals surface area contributed by atoms with Crippen LogP contribution < -0.4 is 5.73 Å². The zero-order chi connectivity index (χ0) is 21.0. The Hall–Kier alpha value is -0.0800. The van der Waals surface area contributed by atoms with Crippen molar-refractivity contribution in [2.45, 2.75) is 111 Å². The van der Waals surface area contributed by atoms with E-state index in [0.717, 1.165) is 48.9 Å². The average molecular weight is 438 g/mol. The van der Waals surface area contributed by atoms with E-state index in [-0.39, 0.29) is 29.8 Å². The molecule has 9 atom stereocenters. The molecule has 0 radical (unpaired) electrons. The van der Waals surface area contributed by atoms with Crippen molar-refractivity contribution in [3.05, 3.63) is 0 Å². The van der Waals surface area contributed by atoms with Gasteiger partial charge in [0.05, 0.1) is 0 Å². The molecule has 0 spiro atoms. The molecule has 2 N–H and O–H groups in total. The summed E-state index contributed by atoms with van der Waals surface area (Å²) in [5, 5.41) is 0. The number of halogens is 1. The van der Waals surface area contributed by atoms with Crippen molar-refractivity contribution in [2.75, 3.05) is 0 Å². The van der Waals surface area contributed by atoms with E-state index in [9.17, 15) is 4.79 Å². The van der Waals surface area contributed by atoms with Gasteiger partial charge in [0.25, 0.3) is 0 Å². The lowest BCUT2D eigenvalue weighted by atomic mass is 9.44. The molecule has 0 aromatic carbocycles. The van der Waals surface area contributed by atoms with Crippen LogP contribution in [0, 0.1) is 52.3 Å². The van der Waals surface area contributed by atoms with Crippen LogP contribution in [0.1, 0.15) is 105 Å². The highest BCUT2D eigenvalue weighted by atomic mass is 35.5. The average Bonchev–Trinajstić information content (AvgIpc) is 3.00. The van der Waals surface area contributed by atoms with Crippen LogP contribution in [-0.4, -0.2) is 11.8 Å². The molecule has 0 aromatic rings. The van der Waals surface area contributed by atoms with Crippen LogP contribution in [0.2, 0.25) is 0 Å². The molecule has 4 aliphatic rings. The summed E-state index contributed by atoms with van der Waals surface area (Å²) in [5.41, 5.74) is 7.01. The SMILES string of the molecule is CC(C)CCC[C@@H](C)[C@H]1CC[C@H]2[C@@H]3CC(=O)C4C[C@H](N)CC[C@]4(C)[C@H]3CC[C@]12C.Cl. The van der Waals surface area contributed by atoms with Gasteiger partial charge in [0, 0.05) is 18.4 Å². The van der Waals surface area contributed by atoms with Crippen molar-refractivity contribution < 1.29 is 4.79 Å². The molecular formula is C27H48ClNO. The fourth-order valence-electron chi connectivity index (χ4n) is 9.09. The Morgan fingerprint density at radius 2 is 1.63 bits per heavy atom. The number of ketones is 1. The smallest absolute Gasteiger partial charge is 0.136 e. The summed E-state index contributed by atoms with van der Waals surface area (Å²) in [6.07, 6.45) is 13.8. The van der Waals surface area contributed by atoms with E-state index in [2.05, 4.69) is 34.6 Å². The monoisotopic (exact) mass is 437 g/mol. The lowest BCUT2D eigenvalue weighted by molar-refractivity contribution is -0.155. The van der Waals surface area contributed by atoms with E-state index in [1.54, 1.807) is 0 Å². The number of rotatable bonds is 5. The largest absolute Gasteiger partial charge is 0.328 e. The molecule has 3 heteroatoms. The first-order chi connectivity index (χ1) is 13.7. The second-order valence-corrected chi connectivity index (χ2v) is 12.7. The quantitative estimate of drug-likeness (QED) is 0.501. The minimum atomic E-state index is 0. The summed E-state index contributed by atoms with van der Waals surface area (Å²) in [5.74, 6) is 5.59. The highest BCUT2D eigenvalue weighted by molar-refractivity contribution is 5.85. The Morgan fingerprint density at radius 3 is 2.33 bits per heavy atom. The molecule has 2 nitrogen and oxygen atoms in total. The summed E-state index contributed by atoms with van der Waals surface area (Å²) < 4.78 is 0. The summed E-state index contributed by atoms with van der Waals surface area (Å²) in [7, 11) is 0. The molecule has 1 unspecified atom stereocenters. The Bertz CT molecular complexity index is 620. The molecule has 0 saturated heterocycles. The maximum absolute atomic E-state index is 13.3. The highest BCUT2D eigenvalue weighted by Crippen LogP contribution is 2.67. The minimum absolute atomic E-state index is 0. The Kier molecular flexibility index (Phi) is 7.41. The number of hydrogen-bond donors (Lipinski definition) is 1. The first kappa shape index (κ1) is 24.6. The van der Waals surface area contributed by atoms with E-state index in [1.807, 2.05) is 0 Å². The molecule has 4 saturated carbocycles. The van der Waals surface area contributed by atoms with Crippen molar-refractivity contribution in [3.8, 4) is 0 Å². The summed E-state index contributed by atoms with van der Waals surface area (Å²) in [4.78, 5) is 13.3. The number of nitrogens with two attached hydrogens (primary N) is 1. The second-order valence-electron chi connectivity index (χ2n) is 12.7. The van der Waals surface area contributed by atoms with E-state index in [1.165, 1.54) is 51.4 Å². The van der Waals surface area contributed by atoms with E-state index >= 15 is 0 Å². The van der Waals surface area contributed by atoms with Crippen molar-refractivity contribution in [1.82, 2.24) is 0 Å². The third-order valence-electron chi connectivity index (χ3n) is 10.7. The molecule has 0 amide bonds. The van der Waals surface area contributed by atoms with Gasteiger partial charge in [-0.25, -0.2) is 0 Å². The molecule has 4 rings (SSSR count). The number of carbonyl (C=O) groups excluding carboxylic acids is 1. The standard InChI is InChI=1S/C27H47NO.ClH/c1-17(2)7-6-8-18(3)21-9-10-22-20-16-25(29)24-15-19(28)11-13-27(24,5)23(20)12-14-26(21,22)4;/h17-24H,6-16,28H2,1-5H3;1H/t18-,19-,20+,21-,22+,23+,24?,26-,27-;/m1./s1. The molecule has 4 aliphatic carbocycles. The van der Waals surface area contributed by atoms with Crippen LogP contribution in [0.5, 0.6) is 0 Å². The Morgan fingerprint density at radius 1 is 0.967 bits per heavy atom. The van der Waals surface area contributed by atoms with Gasteiger partial charge in [0.1, 0.15) is 5.78 Å². The third-order valence-corrected chi connectivity index (χ3v) is 10.7. The maximum atomic E-state index is 13.3. The van der Waals surface area contributed by atoms with Crippen molar-refractivity contribution >= 4 is 18.2 Å². The molecule has 0 heterocycles. The fourth-order valence-corrected chi connectivity index (χ4v) is 9.09. The molecular weight excluding hydrogens is 390 g/mol. The molecule has 0 aliphatic heterocycles. The van der Waals surface area contributed by atoms with Gasteiger partial charge in [0.15, 0.2) is 0 Å². The number of Topliss-reactive ketones (excluding diaryl/α,β-unsaturated/α-hetero) is 1. The molecule has 0 aromatic heterocycles. The molecule has 30 heavy (non-hydrogen) atoms.